The number of benzene rings is 1. The number of halogens is 7. The van der Waals surface area contributed by atoms with Crippen LogP contribution in [0, 0.1) is 0 Å². The quantitative estimate of drug-likeness (QED) is 0.537. The van der Waals surface area contributed by atoms with E-state index in [4.69, 9.17) is 46.4 Å². The summed E-state index contributed by atoms with van der Waals surface area (Å²) in [6, 6.07) is 3.43. The standard InChI is InChI=1S/C12H4Cl4F3N/c13-7-4-9(15)8(14)3-5(7)11-10(16)6(1-2-20-11)12(17,18)19/h1-4H. The Balaban J connectivity index is 2.69. The van der Waals surface area contributed by atoms with E-state index in [2.05, 4.69) is 4.98 Å². The molecule has 0 fully saturated rings. The van der Waals surface area contributed by atoms with Crippen LogP contribution in [0.1, 0.15) is 5.56 Å². The average molecular weight is 361 g/mol. The number of nitrogens with zero attached hydrogens (tertiary/aromatic N) is 1. The largest absolute Gasteiger partial charge is 0.417 e. The lowest BCUT2D eigenvalue weighted by atomic mass is 10.1. The Kier molecular flexibility index (Phi) is 4.40. The monoisotopic (exact) mass is 359 g/mol. The molecule has 0 radical (unpaired) electrons. The molecule has 1 aromatic heterocycles. The van der Waals surface area contributed by atoms with Crippen LogP contribution < -0.4 is 0 Å². The Morgan fingerprint density at radius 3 is 2.10 bits per heavy atom. The summed E-state index contributed by atoms with van der Waals surface area (Å²) < 4.78 is 38.4. The Labute approximate surface area is 132 Å². The van der Waals surface area contributed by atoms with Crippen LogP contribution in [0.2, 0.25) is 20.1 Å². The molecule has 8 heteroatoms. The predicted octanol–water partition coefficient (Wildman–Crippen LogP) is 6.38. The number of hydrogen-bond donors (Lipinski definition) is 0. The SMILES string of the molecule is FC(F)(F)c1ccnc(-c2cc(Cl)c(Cl)cc2Cl)c1Cl. The van der Waals surface area contributed by atoms with Gasteiger partial charge in [-0.3, -0.25) is 4.98 Å². The number of rotatable bonds is 1. The molecule has 0 saturated carbocycles. The molecule has 0 spiro atoms. The van der Waals surface area contributed by atoms with Gasteiger partial charge in [0.05, 0.1) is 31.3 Å². The predicted molar refractivity (Wildman–Crippen MR) is 74.7 cm³/mol. The highest BCUT2D eigenvalue weighted by atomic mass is 35.5. The lowest BCUT2D eigenvalue weighted by molar-refractivity contribution is -0.137. The molecular formula is C12H4Cl4F3N. The average Bonchev–Trinajstić information content (AvgIpc) is 2.33. The van der Waals surface area contributed by atoms with E-state index in [-0.39, 0.29) is 26.3 Å². The minimum atomic E-state index is -4.59. The van der Waals surface area contributed by atoms with Crippen molar-refractivity contribution in [1.82, 2.24) is 4.98 Å². The van der Waals surface area contributed by atoms with E-state index in [0.29, 0.717) is 0 Å². The first-order chi connectivity index (χ1) is 9.21. The van der Waals surface area contributed by atoms with Crippen molar-refractivity contribution < 1.29 is 13.2 Å². The van der Waals surface area contributed by atoms with Gasteiger partial charge in [-0.2, -0.15) is 13.2 Å². The highest BCUT2D eigenvalue weighted by Gasteiger charge is 2.34. The summed E-state index contributed by atoms with van der Waals surface area (Å²) in [7, 11) is 0. The molecule has 1 nitrogen and oxygen atoms in total. The molecule has 2 rings (SSSR count). The Morgan fingerprint density at radius 2 is 1.50 bits per heavy atom. The summed E-state index contributed by atoms with van der Waals surface area (Å²) in [6.45, 7) is 0. The van der Waals surface area contributed by atoms with E-state index in [1.54, 1.807) is 0 Å². The third-order valence-corrected chi connectivity index (χ3v) is 3.88. The van der Waals surface area contributed by atoms with Crippen molar-refractivity contribution >= 4 is 46.4 Å². The second-order valence-electron chi connectivity index (χ2n) is 3.77. The van der Waals surface area contributed by atoms with Gasteiger partial charge in [0.1, 0.15) is 0 Å². The molecule has 0 bridgehead atoms. The molecular weight excluding hydrogens is 357 g/mol. The molecule has 0 aliphatic heterocycles. The lowest BCUT2D eigenvalue weighted by Crippen LogP contribution is -2.07. The van der Waals surface area contributed by atoms with Crippen molar-refractivity contribution in [2.24, 2.45) is 0 Å². The van der Waals surface area contributed by atoms with Gasteiger partial charge in [-0.25, -0.2) is 0 Å². The first kappa shape index (κ1) is 15.7. The van der Waals surface area contributed by atoms with E-state index in [0.717, 1.165) is 12.3 Å². The van der Waals surface area contributed by atoms with Gasteiger partial charge in [-0.15, -0.1) is 0 Å². The maximum atomic E-state index is 12.8. The first-order valence-electron chi connectivity index (χ1n) is 5.08. The highest BCUT2D eigenvalue weighted by Crippen LogP contribution is 2.42. The zero-order chi connectivity index (χ0) is 15.1. The molecule has 20 heavy (non-hydrogen) atoms. The topological polar surface area (TPSA) is 12.9 Å². The van der Waals surface area contributed by atoms with Gasteiger partial charge in [0.2, 0.25) is 0 Å². The maximum absolute atomic E-state index is 12.8. The molecule has 0 saturated heterocycles. The van der Waals surface area contributed by atoms with Gasteiger partial charge in [0, 0.05) is 11.8 Å². The molecule has 106 valence electrons. The zero-order valence-electron chi connectivity index (χ0n) is 9.40. The van der Waals surface area contributed by atoms with E-state index < -0.39 is 16.8 Å². The van der Waals surface area contributed by atoms with Gasteiger partial charge in [0.25, 0.3) is 0 Å². The van der Waals surface area contributed by atoms with Gasteiger partial charge >= 0.3 is 6.18 Å². The summed E-state index contributed by atoms with van der Waals surface area (Å²) in [4.78, 5) is 3.84. The molecule has 0 aliphatic rings. The van der Waals surface area contributed by atoms with Crippen molar-refractivity contribution in [2.75, 3.05) is 0 Å². The lowest BCUT2D eigenvalue weighted by Gasteiger charge is -2.13. The second kappa shape index (κ2) is 5.60. The number of pyridine rings is 1. The van der Waals surface area contributed by atoms with Crippen LogP contribution in [0.4, 0.5) is 13.2 Å². The molecule has 1 aromatic carbocycles. The number of aromatic nitrogens is 1. The van der Waals surface area contributed by atoms with Gasteiger partial charge in [-0.1, -0.05) is 46.4 Å². The molecule has 0 N–H and O–H groups in total. The van der Waals surface area contributed by atoms with Gasteiger partial charge in [-0.05, 0) is 18.2 Å². The maximum Gasteiger partial charge on any atom is 0.417 e. The molecule has 0 atom stereocenters. The fourth-order valence-electron chi connectivity index (χ4n) is 1.55. The highest BCUT2D eigenvalue weighted by molar-refractivity contribution is 6.44. The van der Waals surface area contributed by atoms with E-state index in [1.165, 1.54) is 12.1 Å². The fraction of sp³-hybridized carbons (Fsp3) is 0.0833. The summed E-state index contributed by atoms with van der Waals surface area (Å²) in [6.07, 6.45) is -3.58. The number of hydrogen-bond acceptors (Lipinski definition) is 1. The van der Waals surface area contributed by atoms with Crippen molar-refractivity contribution in [3.05, 3.63) is 50.0 Å². The Hall–Kier alpha value is -0.680. The van der Waals surface area contributed by atoms with E-state index >= 15 is 0 Å². The Bertz CT molecular complexity index is 670. The normalized spacial score (nSPS) is 11.8. The van der Waals surface area contributed by atoms with Gasteiger partial charge in [0.15, 0.2) is 0 Å². The molecule has 1 heterocycles. The molecule has 0 unspecified atom stereocenters. The third-order valence-electron chi connectivity index (χ3n) is 2.46. The fourth-order valence-corrected chi connectivity index (χ4v) is 2.51. The van der Waals surface area contributed by atoms with Crippen LogP contribution in [0.3, 0.4) is 0 Å². The summed E-state index contributed by atoms with van der Waals surface area (Å²) >= 11 is 23.3. The van der Waals surface area contributed by atoms with Crippen LogP contribution >= 0.6 is 46.4 Å². The smallest absolute Gasteiger partial charge is 0.255 e. The van der Waals surface area contributed by atoms with E-state index in [1.807, 2.05) is 0 Å². The summed E-state index contributed by atoms with van der Waals surface area (Å²) in [5.74, 6) is 0. The summed E-state index contributed by atoms with van der Waals surface area (Å²) in [5, 5.41) is -0.113. The third kappa shape index (κ3) is 2.98. The van der Waals surface area contributed by atoms with Gasteiger partial charge < -0.3 is 0 Å². The summed E-state index contributed by atoms with van der Waals surface area (Å²) in [5.41, 5.74) is -0.923. The second-order valence-corrected chi connectivity index (χ2v) is 5.36. The number of alkyl halides is 3. The van der Waals surface area contributed by atoms with Crippen LogP contribution in [0.15, 0.2) is 24.4 Å². The first-order valence-corrected chi connectivity index (χ1v) is 6.59. The molecule has 2 aromatic rings. The minimum Gasteiger partial charge on any atom is -0.255 e. The Morgan fingerprint density at radius 1 is 0.900 bits per heavy atom. The van der Waals surface area contributed by atoms with Crippen LogP contribution in [-0.2, 0) is 6.18 Å². The van der Waals surface area contributed by atoms with Crippen molar-refractivity contribution in [1.29, 1.82) is 0 Å². The van der Waals surface area contributed by atoms with Crippen molar-refractivity contribution in [3.63, 3.8) is 0 Å². The van der Waals surface area contributed by atoms with Crippen LogP contribution in [0.25, 0.3) is 11.3 Å². The van der Waals surface area contributed by atoms with Crippen LogP contribution in [0.5, 0.6) is 0 Å². The van der Waals surface area contributed by atoms with Crippen LogP contribution in [-0.4, -0.2) is 4.98 Å². The van der Waals surface area contributed by atoms with Crippen molar-refractivity contribution in [2.45, 2.75) is 6.18 Å². The minimum absolute atomic E-state index is 0.105. The van der Waals surface area contributed by atoms with Crippen molar-refractivity contribution in [3.8, 4) is 11.3 Å². The van der Waals surface area contributed by atoms with E-state index in [9.17, 15) is 13.2 Å². The zero-order valence-corrected chi connectivity index (χ0v) is 12.4. The molecule has 0 aliphatic carbocycles. The molecule has 0 amide bonds.